The van der Waals surface area contributed by atoms with Gasteiger partial charge in [-0.15, -0.1) is 12.4 Å². The second-order valence-electron chi connectivity index (χ2n) is 6.03. The molecule has 1 N–H and O–H groups in total. The Hall–Kier alpha value is -0.490. The van der Waals surface area contributed by atoms with Crippen LogP contribution >= 0.6 is 24.0 Å². The van der Waals surface area contributed by atoms with E-state index in [0.29, 0.717) is 0 Å². The van der Waals surface area contributed by atoms with Gasteiger partial charge in [-0.1, -0.05) is 43.9 Å². The van der Waals surface area contributed by atoms with Crippen LogP contribution in [0.4, 0.5) is 13.2 Å². The molecular formula is C17H25Cl2F3N2. The summed E-state index contributed by atoms with van der Waals surface area (Å²) < 4.78 is 38.6. The number of alkyl halides is 3. The van der Waals surface area contributed by atoms with Gasteiger partial charge in [0.25, 0.3) is 0 Å². The fourth-order valence-electron chi connectivity index (χ4n) is 3.11. The molecule has 0 saturated carbocycles. The van der Waals surface area contributed by atoms with E-state index in [-0.39, 0.29) is 23.5 Å². The smallest absolute Gasteiger partial charge is 0.314 e. The number of piperazine rings is 1. The topological polar surface area (TPSA) is 15.3 Å². The largest absolute Gasteiger partial charge is 0.417 e. The Bertz CT molecular complexity index is 503. The standard InChI is InChI=1S/C17H24ClF3N2.ClH/c1-2-3-4-5-16(23-10-8-22-9-11-23)13-6-7-14(15(18)12-13)17(19,20)21;/h6-7,12,16,22H,2-5,8-11H2,1H3;1H/t16-;/m1./s1. The van der Waals surface area contributed by atoms with Crippen LogP contribution in [0.1, 0.15) is 49.8 Å². The van der Waals surface area contributed by atoms with Gasteiger partial charge in [-0.25, -0.2) is 0 Å². The maximum atomic E-state index is 12.9. The van der Waals surface area contributed by atoms with Gasteiger partial charge >= 0.3 is 6.18 Å². The lowest BCUT2D eigenvalue weighted by atomic mass is 9.97. The van der Waals surface area contributed by atoms with Crippen LogP contribution in [0.15, 0.2) is 18.2 Å². The predicted octanol–water partition coefficient (Wildman–Crippen LogP) is 5.31. The summed E-state index contributed by atoms with van der Waals surface area (Å²) in [6, 6.07) is 4.35. The number of hydrogen-bond acceptors (Lipinski definition) is 2. The quantitative estimate of drug-likeness (QED) is 0.668. The number of nitrogens with zero attached hydrogens (tertiary/aromatic N) is 1. The highest BCUT2D eigenvalue weighted by Crippen LogP contribution is 2.37. The molecule has 2 nitrogen and oxygen atoms in total. The fourth-order valence-corrected chi connectivity index (χ4v) is 3.41. The normalized spacial score (nSPS) is 17.4. The van der Waals surface area contributed by atoms with Gasteiger partial charge in [0.1, 0.15) is 0 Å². The Balaban J connectivity index is 0.00000288. The minimum absolute atomic E-state index is 0. The van der Waals surface area contributed by atoms with Crippen molar-refractivity contribution < 1.29 is 13.2 Å². The number of rotatable bonds is 6. The maximum absolute atomic E-state index is 12.9. The lowest BCUT2D eigenvalue weighted by Gasteiger charge is -2.35. The van der Waals surface area contributed by atoms with Gasteiger partial charge in [0.15, 0.2) is 0 Å². The van der Waals surface area contributed by atoms with Crippen molar-refractivity contribution in [2.75, 3.05) is 26.2 Å². The summed E-state index contributed by atoms with van der Waals surface area (Å²) >= 11 is 5.91. The Kier molecular flexibility index (Phi) is 8.85. The zero-order chi connectivity index (χ0) is 16.9. The highest BCUT2D eigenvalue weighted by molar-refractivity contribution is 6.31. The van der Waals surface area contributed by atoms with Gasteiger partial charge < -0.3 is 5.32 Å². The van der Waals surface area contributed by atoms with Crippen molar-refractivity contribution in [3.8, 4) is 0 Å². The number of unbranched alkanes of at least 4 members (excludes halogenated alkanes) is 2. The van der Waals surface area contributed by atoms with Gasteiger partial charge in [0, 0.05) is 32.2 Å². The van der Waals surface area contributed by atoms with Gasteiger partial charge in [-0.3, -0.25) is 4.90 Å². The zero-order valence-corrected chi connectivity index (χ0v) is 15.4. The molecule has 1 saturated heterocycles. The van der Waals surface area contributed by atoms with Crippen LogP contribution in [-0.2, 0) is 6.18 Å². The molecule has 1 aromatic carbocycles. The van der Waals surface area contributed by atoms with Crippen molar-refractivity contribution in [1.29, 1.82) is 0 Å². The molecule has 1 fully saturated rings. The summed E-state index contributed by atoms with van der Waals surface area (Å²) in [5.41, 5.74) is 0.136. The van der Waals surface area contributed by atoms with Crippen LogP contribution in [0.25, 0.3) is 0 Å². The molecule has 138 valence electrons. The third-order valence-corrected chi connectivity index (χ3v) is 4.67. The second-order valence-corrected chi connectivity index (χ2v) is 6.44. The van der Waals surface area contributed by atoms with Crippen molar-refractivity contribution in [3.05, 3.63) is 34.3 Å². The highest BCUT2D eigenvalue weighted by Gasteiger charge is 2.33. The van der Waals surface area contributed by atoms with E-state index in [1.807, 2.05) is 0 Å². The van der Waals surface area contributed by atoms with Crippen molar-refractivity contribution in [2.45, 2.75) is 44.8 Å². The summed E-state index contributed by atoms with van der Waals surface area (Å²) in [4.78, 5) is 2.35. The summed E-state index contributed by atoms with van der Waals surface area (Å²) in [5, 5.41) is 3.11. The van der Waals surface area contributed by atoms with E-state index in [1.54, 1.807) is 6.07 Å². The first-order chi connectivity index (χ1) is 10.9. The Labute approximate surface area is 153 Å². The highest BCUT2D eigenvalue weighted by atomic mass is 35.5. The van der Waals surface area contributed by atoms with Gasteiger partial charge in [-0.05, 0) is 24.1 Å². The van der Waals surface area contributed by atoms with Crippen LogP contribution in [0, 0.1) is 0 Å². The number of halogens is 5. The summed E-state index contributed by atoms with van der Waals surface area (Å²) in [5.74, 6) is 0. The van der Waals surface area contributed by atoms with Crippen molar-refractivity contribution >= 4 is 24.0 Å². The molecule has 0 aromatic heterocycles. The lowest BCUT2D eigenvalue weighted by Crippen LogP contribution is -2.45. The number of benzene rings is 1. The third kappa shape index (κ3) is 5.80. The van der Waals surface area contributed by atoms with Crippen LogP contribution < -0.4 is 5.32 Å². The van der Waals surface area contributed by atoms with E-state index in [2.05, 4.69) is 17.1 Å². The van der Waals surface area contributed by atoms with E-state index >= 15 is 0 Å². The lowest BCUT2D eigenvalue weighted by molar-refractivity contribution is -0.137. The molecule has 1 heterocycles. The average Bonchev–Trinajstić information content (AvgIpc) is 2.51. The van der Waals surface area contributed by atoms with Crippen molar-refractivity contribution in [3.63, 3.8) is 0 Å². The van der Waals surface area contributed by atoms with Crippen LogP contribution in [0.2, 0.25) is 5.02 Å². The first-order valence-corrected chi connectivity index (χ1v) is 8.62. The molecule has 7 heteroatoms. The molecule has 1 atom stereocenters. The molecule has 0 amide bonds. The average molecular weight is 385 g/mol. The van der Waals surface area contributed by atoms with E-state index in [0.717, 1.165) is 63.5 Å². The van der Waals surface area contributed by atoms with E-state index < -0.39 is 11.7 Å². The molecule has 2 rings (SSSR count). The SMILES string of the molecule is CCCCC[C@H](c1ccc(C(F)(F)F)c(Cl)c1)N1CCNCC1.Cl. The Morgan fingerprint density at radius 2 is 1.88 bits per heavy atom. The molecule has 1 aromatic rings. The molecule has 1 aliphatic heterocycles. The van der Waals surface area contributed by atoms with Crippen LogP contribution in [0.3, 0.4) is 0 Å². The molecule has 0 radical (unpaired) electrons. The van der Waals surface area contributed by atoms with E-state index in [9.17, 15) is 13.2 Å². The molecule has 0 bridgehead atoms. The van der Waals surface area contributed by atoms with Crippen LogP contribution in [0.5, 0.6) is 0 Å². The molecule has 0 unspecified atom stereocenters. The first kappa shape index (κ1) is 21.6. The zero-order valence-electron chi connectivity index (χ0n) is 13.8. The van der Waals surface area contributed by atoms with Crippen LogP contribution in [-0.4, -0.2) is 31.1 Å². The summed E-state index contributed by atoms with van der Waals surface area (Å²) in [6.07, 6.45) is -0.110. The van der Waals surface area contributed by atoms with E-state index in [4.69, 9.17) is 11.6 Å². The second kappa shape index (κ2) is 9.85. The molecule has 0 aliphatic carbocycles. The summed E-state index contributed by atoms with van der Waals surface area (Å²) in [7, 11) is 0. The summed E-state index contributed by atoms with van der Waals surface area (Å²) in [6.45, 7) is 5.80. The number of nitrogens with one attached hydrogen (secondary N) is 1. The minimum Gasteiger partial charge on any atom is -0.314 e. The maximum Gasteiger partial charge on any atom is 0.417 e. The van der Waals surface area contributed by atoms with Gasteiger partial charge in [0.05, 0.1) is 10.6 Å². The molecular weight excluding hydrogens is 360 g/mol. The fraction of sp³-hybridized carbons (Fsp3) is 0.647. The Morgan fingerprint density at radius 3 is 2.42 bits per heavy atom. The number of hydrogen-bond donors (Lipinski definition) is 1. The van der Waals surface area contributed by atoms with E-state index in [1.165, 1.54) is 6.07 Å². The van der Waals surface area contributed by atoms with Gasteiger partial charge in [0.2, 0.25) is 0 Å². The van der Waals surface area contributed by atoms with Crippen molar-refractivity contribution in [1.82, 2.24) is 10.2 Å². The molecule has 0 spiro atoms. The van der Waals surface area contributed by atoms with Crippen molar-refractivity contribution in [2.24, 2.45) is 0 Å². The molecule has 24 heavy (non-hydrogen) atoms. The first-order valence-electron chi connectivity index (χ1n) is 8.25. The van der Waals surface area contributed by atoms with Gasteiger partial charge in [-0.2, -0.15) is 13.2 Å². The minimum atomic E-state index is -4.40. The monoisotopic (exact) mass is 384 g/mol. The predicted molar refractivity (Wildman–Crippen MR) is 95.0 cm³/mol. The molecule has 1 aliphatic rings. The Morgan fingerprint density at radius 1 is 1.21 bits per heavy atom. The third-order valence-electron chi connectivity index (χ3n) is 4.36.